The number of piperidine rings is 1. The SMILES string of the molecule is O=C(CCc1nc(-c2cccnc2)no1)N1CCCCC1. The van der Waals surface area contributed by atoms with Gasteiger partial charge in [-0.25, -0.2) is 0 Å². The molecule has 0 atom stereocenters. The van der Waals surface area contributed by atoms with Gasteiger partial charge in [0.05, 0.1) is 0 Å². The summed E-state index contributed by atoms with van der Waals surface area (Å²) in [6.07, 6.45) is 7.74. The van der Waals surface area contributed by atoms with Gasteiger partial charge < -0.3 is 9.42 Å². The molecule has 0 aromatic carbocycles. The summed E-state index contributed by atoms with van der Waals surface area (Å²) in [6, 6.07) is 3.70. The summed E-state index contributed by atoms with van der Waals surface area (Å²) in [6.45, 7) is 1.76. The van der Waals surface area contributed by atoms with Crippen molar-refractivity contribution >= 4 is 5.91 Å². The average Bonchev–Trinajstić information content (AvgIpc) is 3.03. The number of nitrogens with zero attached hydrogens (tertiary/aromatic N) is 4. The van der Waals surface area contributed by atoms with Crippen molar-refractivity contribution in [3.05, 3.63) is 30.4 Å². The standard InChI is InChI=1S/C15H18N4O2/c20-14(19-9-2-1-3-10-19)7-6-13-17-15(18-21-13)12-5-4-8-16-11-12/h4-5,8,11H,1-3,6-7,9-10H2. The Morgan fingerprint density at radius 2 is 2.14 bits per heavy atom. The van der Waals surface area contributed by atoms with E-state index < -0.39 is 0 Å². The van der Waals surface area contributed by atoms with Crippen LogP contribution in [0, 0.1) is 0 Å². The zero-order valence-corrected chi connectivity index (χ0v) is 11.9. The fraction of sp³-hybridized carbons (Fsp3) is 0.467. The van der Waals surface area contributed by atoms with Gasteiger partial charge in [-0.05, 0) is 31.4 Å². The van der Waals surface area contributed by atoms with Crippen LogP contribution >= 0.6 is 0 Å². The summed E-state index contributed by atoms with van der Waals surface area (Å²) in [4.78, 5) is 22.3. The molecule has 0 bridgehead atoms. The second kappa shape index (κ2) is 6.47. The molecule has 6 heteroatoms. The smallest absolute Gasteiger partial charge is 0.227 e. The Morgan fingerprint density at radius 1 is 1.29 bits per heavy atom. The van der Waals surface area contributed by atoms with Gasteiger partial charge in [-0.1, -0.05) is 5.16 Å². The maximum absolute atomic E-state index is 12.1. The Hall–Kier alpha value is -2.24. The molecule has 21 heavy (non-hydrogen) atoms. The van der Waals surface area contributed by atoms with Crippen LogP contribution in [0.5, 0.6) is 0 Å². The van der Waals surface area contributed by atoms with Gasteiger partial charge in [0.2, 0.25) is 17.6 Å². The highest BCUT2D eigenvalue weighted by Gasteiger charge is 2.17. The van der Waals surface area contributed by atoms with Crippen LogP contribution in [0.4, 0.5) is 0 Å². The fourth-order valence-electron chi connectivity index (χ4n) is 2.48. The molecule has 1 aliphatic rings. The van der Waals surface area contributed by atoms with Crippen LogP contribution in [0.3, 0.4) is 0 Å². The number of hydrogen-bond acceptors (Lipinski definition) is 5. The van der Waals surface area contributed by atoms with Gasteiger partial charge in [-0.15, -0.1) is 0 Å². The number of pyridine rings is 1. The van der Waals surface area contributed by atoms with E-state index in [1.807, 2.05) is 17.0 Å². The number of aromatic nitrogens is 3. The molecular formula is C15H18N4O2. The lowest BCUT2D eigenvalue weighted by Crippen LogP contribution is -2.35. The lowest BCUT2D eigenvalue weighted by atomic mass is 10.1. The second-order valence-corrected chi connectivity index (χ2v) is 5.19. The molecule has 3 heterocycles. The van der Waals surface area contributed by atoms with Crippen molar-refractivity contribution in [3.63, 3.8) is 0 Å². The third-order valence-electron chi connectivity index (χ3n) is 3.65. The molecule has 0 radical (unpaired) electrons. The van der Waals surface area contributed by atoms with E-state index in [9.17, 15) is 4.79 Å². The molecule has 0 N–H and O–H groups in total. The summed E-state index contributed by atoms with van der Waals surface area (Å²) in [7, 11) is 0. The van der Waals surface area contributed by atoms with E-state index in [0.717, 1.165) is 31.5 Å². The number of amides is 1. The van der Waals surface area contributed by atoms with E-state index in [4.69, 9.17) is 4.52 Å². The highest BCUT2D eigenvalue weighted by atomic mass is 16.5. The van der Waals surface area contributed by atoms with Gasteiger partial charge in [0.25, 0.3) is 0 Å². The Kier molecular flexibility index (Phi) is 4.23. The van der Waals surface area contributed by atoms with Crippen molar-refractivity contribution in [2.45, 2.75) is 32.1 Å². The Balaban J connectivity index is 1.56. The molecule has 6 nitrogen and oxygen atoms in total. The second-order valence-electron chi connectivity index (χ2n) is 5.19. The van der Waals surface area contributed by atoms with Crippen molar-refractivity contribution in [1.29, 1.82) is 0 Å². The number of aryl methyl sites for hydroxylation is 1. The molecule has 3 rings (SSSR count). The van der Waals surface area contributed by atoms with Gasteiger partial charge in [0.15, 0.2) is 0 Å². The molecule has 0 unspecified atom stereocenters. The number of likely N-dealkylation sites (tertiary alicyclic amines) is 1. The largest absolute Gasteiger partial charge is 0.343 e. The minimum atomic E-state index is 0.177. The van der Waals surface area contributed by atoms with E-state index in [1.54, 1.807) is 12.4 Å². The first-order valence-corrected chi connectivity index (χ1v) is 7.34. The summed E-state index contributed by atoms with van der Waals surface area (Å²) in [5.74, 6) is 1.19. The first-order valence-electron chi connectivity index (χ1n) is 7.34. The summed E-state index contributed by atoms with van der Waals surface area (Å²) >= 11 is 0. The average molecular weight is 286 g/mol. The van der Waals surface area contributed by atoms with Crippen LogP contribution in [0.2, 0.25) is 0 Å². The third-order valence-corrected chi connectivity index (χ3v) is 3.65. The van der Waals surface area contributed by atoms with Gasteiger partial charge in [-0.2, -0.15) is 4.98 Å². The third kappa shape index (κ3) is 3.45. The van der Waals surface area contributed by atoms with Gasteiger partial charge >= 0.3 is 0 Å². The molecule has 1 amide bonds. The maximum atomic E-state index is 12.1. The van der Waals surface area contributed by atoms with Crippen LogP contribution in [0.1, 0.15) is 31.6 Å². The summed E-state index contributed by atoms with van der Waals surface area (Å²) in [5, 5.41) is 3.93. The first-order chi connectivity index (χ1) is 10.3. The normalized spacial score (nSPS) is 15.1. The molecule has 1 fully saturated rings. The van der Waals surface area contributed by atoms with Crippen LogP contribution < -0.4 is 0 Å². The molecule has 2 aromatic rings. The minimum Gasteiger partial charge on any atom is -0.343 e. The molecule has 1 saturated heterocycles. The lowest BCUT2D eigenvalue weighted by molar-refractivity contribution is -0.132. The quantitative estimate of drug-likeness (QED) is 0.860. The number of carbonyl (C=O) groups excluding carboxylic acids is 1. The zero-order chi connectivity index (χ0) is 14.5. The van der Waals surface area contributed by atoms with Crippen LogP contribution in [-0.2, 0) is 11.2 Å². The number of rotatable bonds is 4. The van der Waals surface area contributed by atoms with Crippen molar-refractivity contribution in [1.82, 2.24) is 20.0 Å². The fourth-order valence-corrected chi connectivity index (χ4v) is 2.48. The topological polar surface area (TPSA) is 72.1 Å². The molecule has 0 aliphatic carbocycles. The van der Waals surface area contributed by atoms with E-state index in [0.29, 0.717) is 24.6 Å². The van der Waals surface area contributed by atoms with Crippen LogP contribution in [0.15, 0.2) is 29.0 Å². The van der Waals surface area contributed by atoms with Gasteiger partial charge in [0, 0.05) is 43.9 Å². The van der Waals surface area contributed by atoms with E-state index in [2.05, 4.69) is 15.1 Å². The van der Waals surface area contributed by atoms with Gasteiger partial charge in [-0.3, -0.25) is 9.78 Å². The van der Waals surface area contributed by atoms with Crippen molar-refractivity contribution in [3.8, 4) is 11.4 Å². The Labute approximate surface area is 123 Å². The number of carbonyl (C=O) groups is 1. The van der Waals surface area contributed by atoms with Crippen LogP contribution in [-0.4, -0.2) is 39.0 Å². The van der Waals surface area contributed by atoms with Crippen molar-refractivity contribution in [2.24, 2.45) is 0 Å². The predicted molar refractivity (Wildman–Crippen MR) is 76.3 cm³/mol. The molecule has 2 aromatic heterocycles. The maximum Gasteiger partial charge on any atom is 0.227 e. The lowest BCUT2D eigenvalue weighted by Gasteiger charge is -2.26. The summed E-state index contributed by atoms with van der Waals surface area (Å²) < 4.78 is 5.20. The van der Waals surface area contributed by atoms with Crippen LogP contribution in [0.25, 0.3) is 11.4 Å². The predicted octanol–water partition coefficient (Wildman–Crippen LogP) is 2.08. The first kappa shape index (κ1) is 13.7. The van der Waals surface area contributed by atoms with E-state index in [1.165, 1.54) is 6.42 Å². The van der Waals surface area contributed by atoms with Gasteiger partial charge in [0.1, 0.15) is 0 Å². The highest BCUT2D eigenvalue weighted by molar-refractivity contribution is 5.76. The van der Waals surface area contributed by atoms with E-state index >= 15 is 0 Å². The zero-order valence-electron chi connectivity index (χ0n) is 11.9. The Bertz CT molecular complexity index is 591. The molecule has 0 saturated carbocycles. The minimum absolute atomic E-state index is 0.177. The molecular weight excluding hydrogens is 268 g/mol. The Morgan fingerprint density at radius 3 is 2.90 bits per heavy atom. The molecule has 110 valence electrons. The highest BCUT2D eigenvalue weighted by Crippen LogP contribution is 2.15. The molecule has 1 aliphatic heterocycles. The summed E-state index contributed by atoms with van der Waals surface area (Å²) in [5.41, 5.74) is 0.815. The van der Waals surface area contributed by atoms with Crippen molar-refractivity contribution in [2.75, 3.05) is 13.1 Å². The van der Waals surface area contributed by atoms with E-state index in [-0.39, 0.29) is 5.91 Å². The monoisotopic (exact) mass is 286 g/mol. The van der Waals surface area contributed by atoms with Crippen molar-refractivity contribution < 1.29 is 9.32 Å². The number of hydrogen-bond donors (Lipinski definition) is 0. The molecule has 0 spiro atoms.